The summed E-state index contributed by atoms with van der Waals surface area (Å²) in [5, 5.41) is 0. The standard InChI is InChI=1S/C19H28.C10H15NS/c1-8-15(7)10-19-17(13(3)4)11-16(9-2)12-18(19)14(5)6;1-11(2)8-9-4-6-10(12-3)7-5-9/h11-14H,1,9-10H2,2-7H3;4-7H,8H2,1-3H3. The average molecular weight is 438 g/mol. The van der Waals surface area contributed by atoms with E-state index in [4.69, 9.17) is 0 Å². The van der Waals surface area contributed by atoms with E-state index in [-0.39, 0.29) is 0 Å². The van der Waals surface area contributed by atoms with Crippen LogP contribution in [-0.4, -0.2) is 25.3 Å². The fourth-order valence-electron chi connectivity index (χ4n) is 3.64. The van der Waals surface area contributed by atoms with E-state index in [1.165, 1.54) is 38.3 Å². The summed E-state index contributed by atoms with van der Waals surface area (Å²) in [4.78, 5) is 3.51. The van der Waals surface area contributed by atoms with Crippen LogP contribution in [0.5, 0.6) is 0 Å². The van der Waals surface area contributed by atoms with Crippen LogP contribution in [0.15, 0.2) is 59.2 Å². The SMILES string of the molecule is C=C=C(C)Cc1c(C(C)C)cc(CC)cc1C(C)C.CSc1ccc(CN(C)C)cc1. The number of aryl methyl sites for hydroxylation is 1. The van der Waals surface area contributed by atoms with Crippen molar-refractivity contribution in [2.45, 2.75) is 77.7 Å². The summed E-state index contributed by atoms with van der Waals surface area (Å²) in [6.45, 7) is 18.3. The normalized spacial score (nSPS) is 10.8. The van der Waals surface area contributed by atoms with Crippen molar-refractivity contribution >= 4 is 11.8 Å². The number of hydrogen-bond acceptors (Lipinski definition) is 2. The molecule has 0 heterocycles. The molecular formula is C29H43NS. The van der Waals surface area contributed by atoms with Gasteiger partial charge in [0.05, 0.1) is 0 Å². The molecule has 0 fully saturated rings. The van der Waals surface area contributed by atoms with Crippen molar-refractivity contribution in [2.24, 2.45) is 0 Å². The first-order valence-corrected chi connectivity index (χ1v) is 12.6. The third-order valence-electron chi connectivity index (χ3n) is 5.43. The summed E-state index contributed by atoms with van der Waals surface area (Å²) in [7, 11) is 4.17. The van der Waals surface area contributed by atoms with Gasteiger partial charge in [0.2, 0.25) is 0 Å². The number of benzene rings is 2. The Balaban J connectivity index is 0.000000343. The van der Waals surface area contributed by atoms with Crippen LogP contribution in [0.25, 0.3) is 0 Å². The molecule has 0 saturated heterocycles. The van der Waals surface area contributed by atoms with Crippen LogP contribution < -0.4 is 0 Å². The summed E-state index contributed by atoms with van der Waals surface area (Å²) in [5.74, 6) is 1.13. The Kier molecular flexibility index (Phi) is 12.0. The van der Waals surface area contributed by atoms with Crippen molar-refractivity contribution in [3.63, 3.8) is 0 Å². The minimum atomic E-state index is 0.566. The maximum absolute atomic E-state index is 3.78. The lowest BCUT2D eigenvalue weighted by Gasteiger charge is -2.21. The number of thioether (sulfide) groups is 1. The molecular weight excluding hydrogens is 394 g/mol. The van der Waals surface area contributed by atoms with Gasteiger partial charge in [-0.3, -0.25) is 0 Å². The van der Waals surface area contributed by atoms with Gasteiger partial charge in [0.1, 0.15) is 0 Å². The van der Waals surface area contributed by atoms with E-state index >= 15 is 0 Å². The van der Waals surface area contributed by atoms with Gasteiger partial charge in [-0.25, -0.2) is 0 Å². The lowest BCUT2D eigenvalue weighted by molar-refractivity contribution is 0.402. The van der Waals surface area contributed by atoms with E-state index in [1.807, 2.05) is 0 Å². The summed E-state index contributed by atoms with van der Waals surface area (Å²) >= 11 is 1.78. The Morgan fingerprint density at radius 2 is 1.48 bits per heavy atom. The first kappa shape index (κ1) is 27.3. The molecule has 0 saturated carbocycles. The predicted molar refractivity (Wildman–Crippen MR) is 142 cm³/mol. The zero-order valence-electron chi connectivity index (χ0n) is 21.3. The van der Waals surface area contributed by atoms with E-state index in [1.54, 1.807) is 11.8 Å². The lowest BCUT2D eigenvalue weighted by atomic mass is 9.84. The first-order valence-electron chi connectivity index (χ1n) is 11.4. The van der Waals surface area contributed by atoms with Crippen LogP contribution in [-0.2, 0) is 19.4 Å². The molecule has 170 valence electrons. The molecule has 0 aliphatic heterocycles. The van der Waals surface area contributed by atoms with Crippen molar-refractivity contribution in [1.82, 2.24) is 4.90 Å². The minimum Gasteiger partial charge on any atom is -0.305 e. The summed E-state index contributed by atoms with van der Waals surface area (Å²) in [5.41, 5.74) is 11.6. The van der Waals surface area contributed by atoms with Gasteiger partial charge >= 0.3 is 0 Å². The maximum atomic E-state index is 3.78. The molecule has 0 radical (unpaired) electrons. The van der Waals surface area contributed by atoms with E-state index in [2.05, 4.69) is 116 Å². The molecule has 1 nitrogen and oxygen atoms in total. The highest BCUT2D eigenvalue weighted by molar-refractivity contribution is 7.98. The predicted octanol–water partition coefficient (Wildman–Crippen LogP) is 8.24. The monoisotopic (exact) mass is 437 g/mol. The third-order valence-corrected chi connectivity index (χ3v) is 6.18. The molecule has 0 aromatic heterocycles. The molecule has 2 aromatic rings. The molecule has 2 aromatic carbocycles. The Hall–Kier alpha value is -1.73. The zero-order chi connectivity index (χ0) is 23.6. The molecule has 0 unspecified atom stereocenters. The maximum Gasteiger partial charge on any atom is 0.0227 e. The fourth-order valence-corrected chi connectivity index (χ4v) is 4.05. The van der Waals surface area contributed by atoms with Gasteiger partial charge in [0, 0.05) is 17.9 Å². The fraction of sp³-hybridized carbons (Fsp3) is 0.483. The number of hydrogen-bond donors (Lipinski definition) is 0. The number of nitrogens with zero attached hydrogens (tertiary/aromatic N) is 1. The van der Waals surface area contributed by atoms with Gasteiger partial charge in [0.15, 0.2) is 0 Å². The summed E-state index contributed by atoms with van der Waals surface area (Å²) in [6.07, 6.45) is 4.19. The molecule has 2 heteroatoms. The van der Waals surface area contributed by atoms with E-state index < -0.39 is 0 Å². The Labute approximate surface area is 196 Å². The van der Waals surface area contributed by atoms with Crippen LogP contribution in [0.1, 0.15) is 81.2 Å². The summed E-state index contributed by atoms with van der Waals surface area (Å²) < 4.78 is 0. The van der Waals surface area contributed by atoms with Crippen LogP contribution in [0.2, 0.25) is 0 Å². The van der Waals surface area contributed by atoms with Crippen LogP contribution in [0.3, 0.4) is 0 Å². The van der Waals surface area contributed by atoms with Gasteiger partial charge < -0.3 is 4.90 Å². The van der Waals surface area contributed by atoms with E-state index in [0.717, 1.165) is 19.4 Å². The van der Waals surface area contributed by atoms with Crippen molar-refractivity contribution in [2.75, 3.05) is 20.4 Å². The second-order valence-corrected chi connectivity index (χ2v) is 10.0. The molecule has 0 aliphatic carbocycles. The Morgan fingerprint density at radius 1 is 0.968 bits per heavy atom. The van der Waals surface area contributed by atoms with Crippen molar-refractivity contribution < 1.29 is 0 Å². The van der Waals surface area contributed by atoms with Crippen molar-refractivity contribution in [1.29, 1.82) is 0 Å². The minimum absolute atomic E-state index is 0.566. The van der Waals surface area contributed by atoms with Gasteiger partial charge in [0.25, 0.3) is 0 Å². The zero-order valence-corrected chi connectivity index (χ0v) is 22.1. The smallest absolute Gasteiger partial charge is 0.0227 e. The van der Waals surface area contributed by atoms with Gasteiger partial charge in [-0.1, -0.05) is 65.5 Å². The van der Waals surface area contributed by atoms with Gasteiger partial charge in [-0.2, -0.15) is 0 Å². The first-order chi connectivity index (χ1) is 14.6. The molecule has 0 atom stereocenters. The van der Waals surface area contributed by atoms with Crippen LogP contribution in [0.4, 0.5) is 0 Å². The van der Waals surface area contributed by atoms with E-state index in [0.29, 0.717) is 11.8 Å². The third kappa shape index (κ3) is 9.11. The van der Waals surface area contributed by atoms with Gasteiger partial charge in [-0.15, -0.1) is 17.5 Å². The van der Waals surface area contributed by atoms with E-state index in [9.17, 15) is 0 Å². The van der Waals surface area contributed by atoms with Crippen LogP contribution >= 0.6 is 11.8 Å². The number of allylic oxidation sites excluding steroid dienone is 1. The molecule has 0 amide bonds. The quantitative estimate of drug-likeness (QED) is 0.302. The molecule has 0 bridgehead atoms. The molecule has 0 aliphatic rings. The highest BCUT2D eigenvalue weighted by atomic mass is 32.2. The molecule has 0 N–H and O–H groups in total. The summed E-state index contributed by atoms with van der Waals surface area (Å²) in [6, 6.07) is 13.5. The van der Waals surface area contributed by atoms with Gasteiger partial charge in [-0.05, 0) is 91.1 Å². The number of rotatable bonds is 8. The second kappa shape index (κ2) is 13.6. The molecule has 31 heavy (non-hydrogen) atoms. The highest BCUT2D eigenvalue weighted by Crippen LogP contribution is 2.31. The van der Waals surface area contributed by atoms with Crippen molar-refractivity contribution in [3.05, 3.63) is 82.1 Å². The highest BCUT2D eigenvalue weighted by Gasteiger charge is 2.15. The second-order valence-electron chi connectivity index (χ2n) is 9.14. The Morgan fingerprint density at radius 3 is 1.84 bits per heavy atom. The Bertz CT molecular complexity index is 824. The topological polar surface area (TPSA) is 3.24 Å². The van der Waals surface area contributed by atoms with Crippen molar-refractivity contribution in [3.8, 4) is 0 Å². The largest absolute Gasteiger partial charge is 0.305 e. The molecule has 2 rings (SSSR count). The lowest BCUT2D eigenvalue weighted by Crippen LogP contribution is -2.10. The molecule has 0 spiro atoms. The average Bonchev–Trinajstić information content (AvgIpc) is 2.73. The van der Waals surface area contributed by atoms with Crippen LogP contribution in [0, 0.1) is 0 Å².